The van der Waals surface area contributed by atoms with Crippen molar-refractivity contribution < 1.29 is 18.8 Å². The van der Waals surface area contributed by atoms with Crippen LogP contribution in [-0.4, -0.2) is 48.8 Å². The lowest BCUT2D eigenvalue weighted by Crippen LogP contribution is -2.41. The van der Waals surface area contributed by atoms with Crippen LogP contribution >= 0.6 is 0 Å². The van der Waals surface area contributed by atoms with Gasteiger partial charge >= 0.3 is 7.12 Å². The Morgan fingerprint density at radius 3 is 2.31 bits per heavy atom. The minimum absolute atomic E-state index is 0.0686. The second-order valence-corrected chi connectivity index (χ2v) is 8.34. The molecule has 0 saturated carbocycles. The van der Waals surface area contributed by atoms with E-state index in [9.17, 15) is 4.79 Å². The smallest absolute Gasteiger partial charge is 0.484 e. The number of carbonyl (C=O) groups is 1. The minimum atomic E-state index is -0.386. The van der Waals surface area contributed by atoms with E-state index in [0.29, 0.717) is 0 Å². The largest absolute Gasteiger partial charge is 0.494 e. The number of rotatable bonds is 4. The summed E-state index contributed by atoms with van der Waals surface area (Å²) in [5, 5.41) is 0. The maximum atomic E-state index is 12.3. The quantitative estimate of drug-likeness (QED) is 0.776. The van der Waals surface area contributed by atoms with Crippen LogP contribution in [0.2, 0.25) is 0 Å². The van der Waals surface area contributed by atoms with Crippen molar-refractivity contribution in [1.29, 1.82) is 0 Å². The zero-order chi connectivity index (χ0) is 18.9. The van der Waals surface area contributed by atoms with E-state index >= 15 is 0 Å². The second kappa shape index (κ2) is 7.24. The van der Waals surface area contributed by atoms with Crippen LogP contribution in [0.1, 0.15) is 52.5 Å². The van der Waals surface area contributed by atoms with Crippen LogP contribution in [0.4, 0.5) is 0 Å². The van der Waals surface area contributed by atoms with Crippen molar-refractivity contribution in [3.63, 3.8) is 0 Å². The number of hydrogen-bond acceptors (Lipinski definition) is 4. The molecule has 0 bridgehead atoms. The van der Waals surface area contributed by atoms with Crippen molar-refractivity contribution in [2.24, 2.45) is 0 Å². The van der Waals surface area contributed by atoms with Crippen molar-refractivity contribution in [2.45, 2.75) is 65.1 Å². The Bertz CT molecular complexity index is 652. The summed E-state index contributed by atoms with van der Waals surface area (Å²) in [5.41, 5.74) is 1.22. The van der Waals surface area contributed by atoms with Gasteiger partial charge in [0.2, 0.25) is 0 Å². The molecule has 5 nitrogen and oxygen atoms in total. The molecule has 2 heterocycles. The number of nitrogens with zero attached hydrogens (tertiary/aromatic N) is 1. The third-order valence-corrected chi connectivity index (χ3v) is 5.78. The van der Waals surface area contributed by atoms with Gasteiger partial charge in [0.1, 0.15) is 5.75 Å². The van der Waals surface area contributed by atoms with Gasteiger partial charge in [0.25, 0.3) is 5.91 Å². The molecule has 1 amide bonds. The number of benzene rings is 1. The summed E-state index contributed by atoms with van der Waals surface area (Å²) in [4.78, 5) is 14.2. The molecule has 0 aliphatic carbocycles. The highest BCUT2D eigenvalue weighted by atomic mass is 16.7. The molecule has 6 heteroatoms. The van der Waals surface area contributed by atoms with Crippen LogP contribution in [0.3, 0.4) is 0 Å². The van der Waals surface area contributed by atoms with Gasteiger partial charge in [-0.05, 0) is 71.0 Å². The van der Waals surface area contributed by atoms with Crippen LogP contribution in [0.15, 0.2) is 18.2 Å². The molecule has 0 aromatic heterocycles. The van der Waals surface area contributed by atoms with E-state index in [1.165, 1.54) is 6.42 Å². The molecule has 1 aromatic rings. The SMILES string of the molecule is Cc1cc(B2OC(C)(C)C(C)(C)O2)ccc1OCC(=O)N1CCCCC1. The molecule has 0 unspecified atom stereocenters. The summed E-state index contributed by atoms with van der Waals surface area (Å²) in [6, 6.07) is 5.87. The van der Waals surface area contributed by atoms with Gasteiger partial charge in [-0.2, -0.15) is 0 Å². The molecule has 2 fully saturated rings. The highest BCUT2D eigenvalue weighted by molar-refractivity contribution is 6.62. The van der Waals surface area contributed by atoms with Crippen LogP contribution in [0, 0.1) is 6.92 Å². The first-order valence-electron chi connectivity index (χ1n) is 9.56. The normalized spacial score (nSPS) is 21.7. The molecule has 3 rings (SSSR count). The van der Waals surface area contributed by atoms with E-state index in [1.54, 1.807) is 0 Å². The van der Waals surface area contributed by atoms with E-state index in [4.69, 9.17) is 14.0 Å². The molecule has 2 saturated heterocycles. The average Bonchev–Trinajstić information content (AvgIpc) is 2.82. The van der Waals surface area contributed by atoms with Gasteiger partial charge in [-0.1, -0.05) is 12.1 Å². The summed E-state index contributed by atoms with van der Waals surface area (Å²) in [7, 11) is -0.386. The number of amides is 1. The fourth-order valence-corrected chi connectivity index (χ4v) is 3.33. The Labute approximate surface area is 157 Å². The summed E-state index contributed by atoms with van der Waals surface area (Å²) in [6.07, 6.45) is 3.39. The van der Waals surface area contributed by atoms with E-state index in [0.717, 1.165) is 42.7 Å². The third-order valence-electron chi connectivity index (χ3n) is 5.78. The minimum Gasteiger partial charge on any atom is -0.484 e. The maximum absolute atomic E-state index is 12.3. The highest BCUT2D eigenvalue weighted by Gasteiger charge is 2.51. The van der Waals surface area contributed by atoms with Crippen LogP contribution in [0.25, 0.3) is 0 Å². The molecular formula is C20H30BNO4. The highest BCUT2D eigenvalue weighted by Crippen LogP contribution is 2.36. The van der Waals surface area contributed by atoms with Gasteiger partial charge in [-0.25, -0.2) is 0 Å². The monoisotopic (exact) mass is 359 g/mol. The summed E-state index contributed by atoms with van der Waals surface area (Å²) >= 11 is 0. The summed E-state index contributed by atoms with van der Waals surface area (Å²) in [6.45, 7) is 12.0. The zero-order valence-corrected chi connectivity index (χ0v) is 16.6. The lowest BCUT2D eigenvalue weighted by Gasteiger charge is -2.32. The van der Waals surface area contributed by atoms with Crippen LogP contribution < -0.4 is 10.2 Å². The first kappa shape index (κ1) is 19.2. The van der Waals surface area contributed by atoms with E-state index in [-0.39, 0.29) is 30.8 Å². The summed E-state index contributed by atoms with van der Waals surface area (Å²) < 4.78 is 18.0. The Morgan fingerprint density at radius 2 is 1.73 bits per heavy atom. The predicted octanol–water partition coefficient (Wildman–Crippen LogP) is 2.69. The molecule has 1 aromatic carbocycles. The van der Waals surface area contributed by atoms with Crippen molar-refractivity contribution in [3.8, 4) is 5.75 Å². The fourth-order valence-electron chi connectivity index (χ4n) is 3.33. The number of ether oxygens (including phenoxy) is 1. The van der Waals surface area contributed by atoms with Gasteiger partial charge in [0.15, 0.2) is 6.61 Å². The molecule has 2 aliphatic heterocycles. The molecule has 0 radical (unpaired) electrons. The van der Waals surface area contributed by atoms with Crippen LogP contribution in [-0.2, 0) is 14.1 Å². The molecule has 2 aliphatic rings. The topological polar surface area (TPSA) is 48.0 Å². The molecule has 26 heavy (non-hydrogen) atoms. The van der Waals surface area contributed by atoms with Gasteiger partial charge in [-0.3, -0.25) is 4.79 Å². The Morgan fingerprint density at radius 1 is 1.12 bits per heavy atom. The molecule has 0 spiro atoms. The maximum Gasteiger partial charge on any atom is 0.494 e. The van der Waals surface area contributed by atoms with Crippen molar-refractivity contribution in [1.82, 2.24) is 4.90 Å². The first-order valence-corrected chi connectivity index (χ1v) is 9.56. The van der Waals surface area contributed by atoms with Crippen molar-refractivity contribution in [2.75, 3.05) is 19.7 Å². The van der Waals surface area contributed by atoms with Gasteiger partial charge in [0, 0.05) is 13.1 Å². The molecule has 0 N–H and O–H groups in total. The lowest BCUT2D eigenvalue weighted by molar-refractivity contribution is -0.134. The lowest BCUT2D eigenvalue weighted by atomic mass is 9.78. The molecule has 142 valence electrons. The van der Waals surface area contributed by atoms with Gasteiger partial charge in [0.05, 0.1) is 11.2 Å². The molecular weight excluding hydrogens is 329 g/mol. The third kappa shape index (κ3) is 3.91. The number of piperidine rings is 1. The summed E-state index contributed by atoms with van der Waals surface area (Å²) in [5.74, 6) is 0.801. The van der Waals surface area contributed by atoms with Gasteiger partial charge < -0.3 is 18.9 Å². The average molecular weight is 359 g/mol. The van der Waals surface area contributed by atoms with Gasteiger partial charge in [-0.15, -0.1) is 0 Å². The Balaban J connectivity index is 1.62. The van der Waals surface area contributed by atoms with E-state index < -0.39 is 0 Å². The van der Waals surface area contributed by atoms with E-state index in [2.05, 4.69) is 0 Å². The Kier molecular flexibility index (Phi) is 5.36. The van der Waals surface area contributed by atoms with Crippen molar-refractivity contribution in [3.05, 3.63) is 23.8 Å². The van der Waals surface area contributed by atoms with Crippen molar-refractivity contribution >= 4 is 18.5 Å². The second-order valence-electron chi connectivity index (χ2n) is 8.34. The number of hydrogen-bond donors (Lipinski definition) is 0. The Hall–Kier alpha value is -1.53. The fraction of sp³-hybridized carbons (Fsp3) is 0.650. The van der Waals surface area contributed by atoms with Crippen LogP contribution in [0.5, 0.6) is 5.75 Å². The number of likely N-dealkylation sites (tertiary alicyclic amines) is 1. The predicted molar refractivity (Wildman–Crippen MR) is 103 cm³/mol. The van der Waals surface area contributed by atoms with E-state index in [1.807, 2.05) is 57.7 Å². The zero-order valence-electron chi connectivity index (χ0n) is 16.6. The standard InChI is InChI=1S/C20H30BNO4/c1-15-13-16(21-25-19(2,3)20(4,5)26-21)9-10-17(15)24-14-18(23)22-11-7-6-8-12-22/h9-10,13H,6-8,11-12,14H2,1-5H3. The number of aryl methyl sites for hydroxylation is 1. The first-order chi connectivity index (χ1) is 12.2. The molecule has 0 atom stereocenters. The number of carbonyl (C=O) groups excluding carboxylic acids is 1.